The first-order valence-corrected chi connectivity index (χ1v) is 18.6. The Labute approximate surface area is 318 Å². The average Bonchev–Trinajstić information content (AvgIpc) is 3.14. The van der Waals surface area contributed by atoms with Crippen LogP contribution in [0.5, 0.6) is 23.0 Å². The fourth-order valence-electron chi connectivity index (χ4n) is 7.08. The number of esters is 2. The molecule has 55 heavy (non-hydrogen) atoms. The van der Waals surface area contributed by atoms with Crippen LogP contribution in [-0.4, -0.2) is 74.8 Å². The number of aliphatic hydroxyl groups is 1. The fraction of sp³-hybridized carbons (Fsp3) is 0.429. The standard InChI is InChI=1S/C42H48O13/c1-5-7-9-11-13-15-26(43)32-22(19-30(47)54-3)17-24-34(28(45)21-29(46)35(24)39(32)50)37-41(52)36-25(38(49)42(37)53)18-23(20-31(48)55-4)33(40(36)51)27(44)16-14-12-10-8-6-2/h17-18,21,45-46,50-52H,5-16,19-20H2,1-4H3. The van der Waals surface area contributed by atoms with Crippen LogP contribution >= 0.6 is 0 Å². The number of aliphatic hydroxyl groups excluding tert-OH is 1. The van der Waals surface area contributed by atoms with Gasteiger partial charge in [-0.2, -0.15) is 0 Å². The lowest BCUT2D eigenvalue weighted by molar-refractivity contribution is -0.140. The molecule has 0 saturated carbocycles. The molecule has 1 aliphatic carbocycles. The van der Waals surface area contributed by atoms with Crippen molar-refractivity contribution < 1.29 is 63.8 Å². The molecule has 0 amide bonds. The molecule has 3 aromatic rings. The lowest BCUT2D eigenvalue weighted by Crippen LogP contribution is -2.25. The van der Waals surface area contributed by atoms with Crippen LogP contribution in [0.2, 0.25) is 0 Å². The van der Waals surface area contributed by atoms with Crippen LogP contribution < -0.4 is 0 Å². The molecule has 0 fully saturated rings. The first-order chi connectivity index (χ1) is 26.2. The molecular formula is C42H48O13. The van der Waals surface area contributed by atoms with E-state index in [-0.39, 0.29) is 40.5 Å². The Morgan fingerprint density at radius 2 is 1.07 bits per heavy atom. The van der Waals surface area contributed by atoms with Gasteiger partial charge in [-0.1, -0.05) is 65.2 Å². The van der Waals surface area contributed by atoms with Crippen LogP contribution in [0, 0.1) is 0 Å². The zero-order valence-corrected chi connectivity index (χ0v) is 31.6. The average molecular weight is 761 g/mol. The fourth-order valence-corrected chi connectivity index (χ4v) is 7.08. The highest BCUT2D eigenvalue weighted by atomic mass is 16.5. The maximum absolute atomic E-state index is 13.9. The summed E-state index contributed by atoms with van der Waals surface area (Å²) < 4.78 is 9.56. The molecule has 0 aliphatic heterocycles. The van der Waals surface area contributed by atoms with Gasteiger partial charge in [-0.3, -0.25) is 28.8 Å². The van der Waals surface area contributed by atoms with E-state index in [0.29, 0.717) is 19.3 Å². The van der Waals surface area contributed by atoms with Crippen LogP contribution in [0.1, 0.15) is 144 Å². The number of ether oxygens (including phenoxy) is 2. The summed E-state index contributed by atoms with van der Waals surface area (Å²) in [4.78, 5) is 79.8. The number of hydrogen-bond acceptors (Lipinski definition) is 13. The molecule has 1 aliphatic rings. The second-order valence-electron chi connectivity index (χ2n) is 13.7. The molecule has 13 nitrogen and oxygen atoms in total. The molecule has 0 unspecified atom stereocenters. The van der Waals surface area contributed by atoms with Crippen molar-refractivity contribution in [2.75, 3.05) is 14.2 Å². The number of carbonyl (C=O) groups excluding carboxylic acids is 6. The number of rotatable bonds is 19. The summed E-state index contributed by atoms with van der Waals surface area (Å²) in [6, 6.07) is 2.99. The number of Topliss-reactive ketones (excluding diaryl/α,β-unsaturated/α-hetero) is 4. The van der Waals surface area contributed by atoms with Crippen LogP contribution in [0.3, 0.4) is 0 Å². The number of benzene rings is 3. The Balaban J connectivity index is 2.00. The Morgan fingerprint density at radius 1 is 0.582 bits per heavy atom. The van der Waals surface area contributed by atoms with Gasteiger partial charge in [0, 0.05) is 35.4 Å². The molecule has 4 rings (SSSR count). The quantitative estimate of drug-likeness (QED) is 0.0349. The number of unbranched alkanes of at least 4 members (excludes halogenated alkanes) is 8. The third-order valence-corrected chi connectivity index (χ3v) is 9.92. The highest BCUT2D eigenvalue weighted by Gasteiger charge is 2.40. The van der Waals surface area contributed by atoms with E-state index in [4.69, 9.17) is 9.47 Å². The number of allylic oxidation sites excluding steroid dienone is 1. The van der Waals surface area contributed by atoms with Gasteiger partial charge in [-0.25, -0.2) is 0 Å². The lowest BCUT2D eigenvalue weighted by Gasteiger charge is -2.24. The van der Waals surface area contributed by atoms with E-state index in [1.165, 1.54) is 6.07 Å². The van der Waals surface area contributed by atoms with E-state index in [2.05, 4.69) is 0 Å². The molecular weight excluding hydrogens is 712 g/mol. The first-order valence-electron chi connectivity index (χ1n) is 18.6. The molecule has 3 aromatic carbocycles. The van der Waals surface area contributed by atoms with Crippen molar-refractivity contribution in [3.8, 4) is 23.0 Å². The molecule has 0 aromatic heterocycles. The van der Waals surface area contributed by atoms with Crippen LogP contribution in [-0.2, 0) is 36.7 Å². The van der Waals surface area contributed by atoms with Gasteiger partial charge in [-0.05, 0) is 36.1 Å². The van der Waals surface area contributed by atoms with Crippen molar-refractivity contribution in [1.82, 2.24) is 0 Å². The monoisotopic (exact) mass is 760 g/mol. The highest BCUT2D eigenvalue weighted by molar-refractivity contribution is 6.63. The second-order valence-corrected chi connectivity index (χ2v) is 13.7. The summed E-state index contributed by atoms with van der Waals surface area (Å²) in [5.74, 6) is -9.66. The minimum Gasteiger partial charge on any atom is -0.507 e. The minimum atomic E-state index is -1.38. The Morgan fingerprint density at radius 3 is 1.58 bits per heavy atom. The molecule has 0 atom stereocenters. The number of phenols is 4. The van der Waals surface area contributed by atoms with E-state index < -0.39 is 104 Å². The number of carbonyl (C=O) groups is 6. The Hall–Kier alpha value is -5.72. The van der Waals surface area contributed by atoms with E-state index in [1.54, 1.807) is 0 Å². The molecule has 0 heterocycles. The van der Waals surface area contributed by atoms with Gasteiger partial charge in [0.15, 0.2) is 11.6 Å². The molecule has 5 N–H and O–H groups in total. The number of fused-ring (bicyclic) bond motifs is 2. The van der Waals surface area contributed by atoms with Gasteiger partial charge in [0.2, 0.25) is 11.6 Å². The van der Waals surface area contributed by atoms with Gasteiger partial charge in [-0.15, -0.1) is 0 Å². The smallest absolute Gasteiger partial charge is 0.310 e. The number of phenolic OH excluding ortho intramolecular Hbond substituents is 4. The maximum atomic E-state index is 13.9. The van der Waals surface area contributed by atoms with Crippen LogP contribution in [0.15, 0.2) is 18.2 Å². The van der Waals surface area contributed by atoms with Crippen LogP contribution in [0.4, 0.5) is 0 Å². The van der Waals surface area contributed by atoms with Crippen molar-refractivity contribution in [2.45, 2.75) is 104 Å². The summed E-state index contributed by atoms with van der Waals surface area (Å²) in [6.07, 6.45) is 6.87. The topological polar surface area (TPSA) is 222 Å². The Kier molecular flexibility index (Phi) is 14.2. The van der Waals surface area contributed by atoms with Crippen molar-refractivity contribution in [3.63, 3.8) is 0 Å². The summed E-state index contributed by atoms with van der Waals surface area (Å²) >= 11 is 0. The lowest BCUT2D eigenvalue weighted by atomic mass is 9.79. The molecule has 13 heteroatoms. The van der Waals surface area contributed by atoms with Gasteiger partial charge >= 0.3 is 11.9 Å². The van der Waals surface area contributed by atoms with Crippen molar-refractivity contribution in [3.05, 3.63) is 57.1 Å². The summed E-state index contributed by atoms with van der Waals surface area (Å²) in [5.41, 5.74) is -3.39. The predicted molar refractivity (Wildman–Crippen MR) is 203 cm³/mol. The summed E-state index contributed by atoms with van der Waals surface area (Å²) in [6.45, 7) is 4.08. The summed E-state index contributed by atoms with van der Waals surface area (Å²) in [5, 5.41) is 56.5. The summed E-state index contributed by atoms with van der Waals surface area (Å²) in [7, 11) is 2.23. The van der Waals surface area contributed by atoms with Crippen molar-refractivity contribution >= 4 is 57.2 Å². The van der Waals surface area contributed by atoms with Gasteiger partial charge in [0.05, 0.1) is 54.7 Å². The molecule has 0 bridgehead atoms. The number of methoxy groups -OCH3 is 2. The Bertz CT molecular complexity index is 2070. The van der Waals surface area contributed by atoms with Gasteiger partial charge in [0.25, 0.3) is 0 Å². The highest BCUT2D eigenvalue weighted by Crippen LogP contribution is 2.49. The normalized spacial score (nSPS) is 12.6. The van der Waals surface area contributed by atoms with E-state index in [9.17, 15) is 54.3 Å². The number of ketones is 4. The van der Waals surface area contributed by atoms with Crippen LogP contribution in [0.25, 0.3) is 22.1 Å². The molecule has 294 valence electrons. The van der Waals surface area contributed by atoms with Crippen molar-refractivity contribution in [2.24, 2.45) is 0 Å². The van der Waals surface area contributed by atoms with Gasteiger partial charge in [0.1, 0.15) is 28.8 Å². The first kappa shape index (κ1) is 42.0. The minimum absolute atomic E-state index is 0.00456. The van der Waals surface area contributed by atoms with E-state index >= 15 is 0 Å². The van der Waals surface area contributed by atoms with E-state index in [0.717, 1.165) is 71.3 Å². The second kappa shape index (κ2) is 18.5. The zero-order valence-electron chi connectivity index (χ0n) is 31.6. The SMILES string of the molecule is CCCCCCCC(=O)c1c(CC(=O)OC)cc2c(c1O)C(O)=C(c1c(O)cc(O)c3c(O)c(C(=O)CCCCCCC)c(CC(=O)OC)cc13)C(=O)C2=O. The van der Waals surface area contributed by atoms with Gasteiger partial charge < -0.3 is 35.0 Å². The molecule has 0 saturated heterocycles. The third-order valence-electron chi connectivity index (χ3n) is 9.92. The number of hydrogen-bond donors (Lipinski definition) is 5. The maximum Gasteiger partial charge on any atom is 0.310 e. The van der Waals surface area contributed by atoms with E-state index in [1.807, 2.05) is 13.8 Å². The largest absolute Gasteiger partial charge is 0.507 e. The zero-order chi connectivity index (χ0) is 40.6. The third kappa shape index (κ3) is 8.82. The molecule has 0 radical (unpaired) electrons. The van der Waals surface area contributed by atoms with Crippen molar-refractivity contribution in [1.29, 1.82) is 0 Å². The predicted octanol–water partition coefficient (Wildman–Crippen LogP) is 7.37. The number of aromatic hydroxyl groups is 4. The molecule has 0 spiro atoms.